The van der Waals surface area contributed by atoms with E-state index in [-0.39, 0.29) is 6.04 Å². The lowest BCUT2D eigenvalue weighted by atomic mass is 10.2. The summed E-state index contributed by atoms with van der Waals surface area (Å²) >= 11 is 5.63. The zero-order valence-electron chi connectivity index (χ0n) is 13.5. The third-order valence-corrected chi connectivity index (χ3v) is 4.33. The molecule has 0 spiro atoms. The van der Waals surface area contributed by atoms with Crippen LogP contribution in [-0.2, 0) is 24.1 Å². The second-order valence-corrected chi connectivity index (χ2v) is 6.53. The molecule has 26 heavy (non-hydrogen) atoms. The lowest BCUT2D eigenvalue weighted by Crippen LogP contribution is -2.38. The summed E-state index contributed by atoms with van der Waals surface area (Å²) in [5.41, 5.74) is -1.09. The fraction of sp³-hybridized carbons (Fsp3) is 0.353. The highest BCUT2D eigenvalue weighted by Gasteiger charge is 2.34. The molecule has 1 aliphatic rings. The molecule has 1 saturated carbocycles. The minimum absolute atomic E-state index is 0.0275. The standard InChI is InChI=1S/C17H15ClF3N3O2/c18-14-6-12(17(19,20)21)9-23(16(14)26)10-15(25)24(13-3-4-13)8-11-2-1-5-22-7-11/h1-2,5-7,9,13H,3-4,8,10H2. The van der Waals surface area contributed by atoms with Crippen molar-refractivity contribution in [3.8, 4) is 0 Å². The predicted octanol–water partition coefficient (Wildman–Crippen LogP) is 3.11. The maximum absolute atomic E-state index is 12.9. The molecule has 2 heterocycles. The van der Waals surface area contributed by atoms with Gasteiger partial charge in [-0.3, -0.25) is 14.6 Å². The van der Waals surface area contributed by atoms with Gasteiger partial charge in [-0.25, -0.2) is 0 Å². The summed E-state index contributed by atoms with van der Waals surface area (Å²) in [6.45, 7) is -0.210. The van der Waals surface area contributed by atoms with Crippen molar-refractivity contribution in [2.24, 2.45) is 0 Å². The maximum Gasteiger partial charge on any atom is 0.417 e. The molecule has 1 aliphatic carbocycles. The molecule has 2 aromatic rings. The van der Waals surface area contributed by atoms with E-state index >= 15 is 0 Å². The Bertz CT molecular complexity index is 864. The van der Waals surface area contributed by atoms with Crippen molar-refractivity contribution in [2.45, 2.75) is 38.1 Å². The van der Waals surface area contributed by atoms with Gasteiger partial charge < -0.3 is 9.47 Å². The third-order valence-electron chi connectivity index (χ3n) is 4.06. The van der Waals surface area contributed by atoms with E-state index in [9.17, 15) is 22.8 Å². The van der Waals surface area contributed by atoms with Gasteiger partial charge in [0, 0.05) is 31.2 Å². The van der Waals surface area contributed by atoms with Gasteiger partial charge in [-0.2, -0.15) is 13.2 Å². The molecular weight excluding hydrogens is 371 g/mol. The summed E-state index contributed by atoms with van der Waals surface area (Å²) in [5.74, 6) is -0.436. The van der Waals surface area contributed by atoms with Gasteiger partial charge in [0.2, 0.25) is 5.91 Å². The average Bonchev–Trinajstić information content (AvgIpc) is 3.41. The summed E-state index contributed by atoms with van der Waals surface area (Å²) in [5, 5.41) is -0.571. The van der Waals surface area contributed by atoms with Crippen LogP contribution in [0.15, 0.2) is 41.6 Å². The highest BCUT2D eigenvalue weighted by Crippen LogP contribution is 2.30. The lowest BCUT2D eigenvalue weighted by Gasteiger charge is -2.23. The number of nitrogens with zero attached hydrogens (tertiary/aromatic N) is 3. The van der Waals surface area contributed by atoms with Gasteiger partial charge in [0.1, 0.15) is 11.6 Å². The van der Waals surface area contributed by atoms with Crippen molar-refractivity contribution in [1.29, 1.82) is 0 Å². The Morgan fingerprint density at radius 1 is 1.38 bits per heavy atom. The molecule has 5 nitrogen and oxygen atoms in total. The molecule has 0 aromatic carbocycles. The van der Waals surface area contributed by atoms with Crippen LogP contribution in [-0.4, -0.2) is 26.4 Å². The molecule has 0 unspecified atom stereocenters. The van der Waals surface area contributed by atoms with E-state index in [1.54, 1.807) is 23.4 Å². The van der Waals surface area contributed by atoms with E-state index in [0.29, 0.717) is 23.4 Å². The van der Waals surface area contributed by atoms with Crippen LogP contribution >= 0.6 is 11.6 Å². The first kappa shape index (κ1) is 18.4. The van der Waals surface area contributed by atoms with Crippen LogP contribution in [0.3, 0.4) is 0 Å². The van der Waals surface area contributed by atoms with Gasteiger partial charge in [0.25, 0.3) is 5.56 Å². The van der Waals surface area contributed by atoms with Gasteiger partial charge >= 0.3 is 6.18 Å². The average molecular weight is 386 g/mol. The van der Waals surface area contributed by atoms with Crippen LogP contribution in [0, 0.1) is 0 Å². The van der Waals surface area contributed by atoms with E-state index in [1.165, 1.54) is 0 Å². The molecule has 1 amide bonds. The van der Waals surface area contributed by atoms with Crippen LogP contribution in [0.4, 0.5) is 13.2 Å². The van der Waals surface area contributed by atoms with E-state index in [1.807, 2.05) is 6.07 Å². The number of hydrogen-bond donors (Lipinski definition) is 0. The SMILES string of the molecule is O=C(Cn1cc(C(F)(F)F)cc(Cl)c1=O)N(Cc1cccnc1)C1CC1. The summed E-state index contributed by atoms with van der Waals surface area (Å²) < 4.78 is 39.5. The van der Waals surface area contributed by atoms with Crippen LogP contribution < -0.4 is 5.56 Å². The molecule has 0 N–H and O–H groups in total. The normalized spacial score (nSPS) is 14.3. The number of carbonyl (C=O) groups is 1. The van der Waals surface area contributed by atoms with E-state index in [0.717, 1.165) is 18.4 Å². The first-order valence-corrected chi connectivity index (χ1v) is 8.29. The van der Waals surface area contributed by atoms with Crippen LogP contribution in [0.1, 0.15) is 24.0 Å². The maximum atomic E-state index is 12.9. The number of pyridine rings is 2. The molecule has 9 heteroatoms. The molecule has 0 atom stereocenters. The summed E-state index contributed by atoms with van der Waals surface area (Å²) in [4.78, 5) is 30.2. The van der Waals surface area contributed by atoms with Crippen molar-refractivity contribution in [2.75, 3.05) is 0 Å². The quantitative estimate of drug-likeness (QED) is 0.794. The Kier molecular flexibility index (Phi) is 5.04. The predicted molar refractivity (Wildman–Crippen MR) is 88.5 cm³/mol. The van der Waals surface area contributed by atoms with Crippen molar-refractivity contribution in [1.82, 2.24) is 14.5 Å². The molecular formula is C17H15ClF3N3O2. The van der Waals surface area contributed by atoms with E-state index < -0.39 is 34.8 Å². The van der Waals surface area contributed by atoms with Gasteiger partial charge in [-0.05, 0) is 30.5 Å². The molecule has 0 radical (unpaired) electrons. The number of amides is 1. The largest absolute Gasteiger partial charge is 0.417 e. The zero-order chi connectivity index (χ0) is 18.9. The number of rotatable bonds is 5. The highest BCUT2D eigenvalue weighted by atomic mass is 35.5. The summed E-state index contributed by atoms with van der Waals surface area (Å²) in [6, 6.07) is 4.14. The van der Waals surface area contributed by atoms with E-state index in [4.69, 9.17) is 11.6 Å². The van der Waals surface area contributed by atoms with Crippen molar-refractivity contribution >= 4 is 17.5 Å². The Morgan fingerprint density at radius 2 is 2.12 bits per heavy atom. The van der Waals surface area contributed by atoms with Crippen molar-refractivity contribution < 1.29 is 18.0 Å². The van der Waals surface area contributed by atoms with Crippen LogP contribution in [0.5, 0.6) is 0 Å². The fourth-order valence-corrected chi connectivity index (χ4v) is 2.83. The second kappa shape index (κ2) is 7.11. The number of carbonyl (C=O) groups excluding carboxylic acids is 1. The van der Waals surface area contributed by atoms with Gasteiger partial charge in [-0.1, -0.05) is 17.7 Å². The van der Waals surface area contributed by atoms with Crippen molar-refractivity contribution in [3.05, 3.63) is 63.3 Å². The first-order chi connectivity index (χ1) is 12.3. The Hall–Kier alpha value is -2.35. The molecule has 138 valence electrons. The zero-order valence-corrected chi connectivity index (χ0v) is 14.3. The molecule has 0 aliphatic heterocycles. The number of aromatic nitrogens is 2. The third kappa shape index (κ3) is 4.24. The minimum atomic E-state index is -4.66. The topological polar surface area (TPSA) is 55.2 Å². The fourth-order valence-electron chi connectivity index (χ4n) is 2.60. The molecule has 0 bridgehead atoms. The molecule has 1 fully saturated rings. The number of halogens is 4. The van der Waals surface area contributed by atoms with Gasteiger partial charge in [0.05, 0.1) is 5.56 Å². The van der Waals surface area contributed by atoms with Crippen LogP contribution in [0.25, 0.3) is 0 Å². The molecule has 3 rings (SSSR count). The first-order valence-electron chi connectivity index (χ1n) is 7.91. The summed E-state index contributed by atoms with van der Waals surface area (Å²) in [6.07, 6.45) is 0.844. The molecule has 2 aromatic heterocycles. The van der Waals surface area contributed by atoms with Crippen molar-refractivity contribution in [3.63, 3.8) is 0 Å². The second-order valence-electron chi connectivity index (χ2n) is 6.12. The Labute approximate surface area is 152 Å². The lowest BCUT2D eigenvalue weighted by molar-refractivity contribution is -0.139. The summed E-state index contributed by atoms with van der Waals surface area (Å²) in [7, 11) is 0. The van der Waals surface area contributed by atoms with Gasteiger partial charge in [0.15, 0.2) is 0 Å². The Morgan fingerprint density at radius 3 is 2.69 bits per heavy atom. The van der Waals surface area contributed by atoms with E-state index in [2.05, 4.69) is 4.98 Å². The monoisotopic (exact) mass is 385 g/mol. The smallest absolute Gasteiger partial charge is 0.334 e. The highest BCUT2D eigenvalue weighted by molar-refractivity contribution is 6.30. The number of alkyl halides is 3. The minimum Gasteiger partial charge on any atom is -0.334 e. The van der Waals surface area contributed by atoms with Gasteiger partial charge in [-0.15, -0.1) is 0 Å². The molecule has 0 saturated heterocycles. The Balaban J connectivity index is 1.84. The number of hydrogen-bond acceptors (Lipinski definition) is 3. The van der Waals surface area contributed by atoms with Crippen LogP contribution in [0.2, 0.25) is 5.02 Å².